The number of likely N-dealkylation sites (N-methyl/N-ethyl adjacent to an activating group) is 2. The molecule has 2 aromatic rings. The number of rotatable bonds is 17. The van der Waals surface area contributed by atoms with Crippen molar-refractivity contribution in [2.75, 3.05) is 26.4 Å². The van der Waals surface area contributed by atoms with E-state index in [1.807, 2.05) is 58.7 Å². The van der Waals surface area contributed by atoms with Crippen molar-refractivity contribution in [3.05, 3.63) is 45.9 Å². The zero-order valence-corrected chi connectivity index (χ0v) is 31.0. The van der Waals surface area contributed by atoms with Gasteiger partial charge in [-0.15, -0.1) is 11.3 Å². The molecule has 6 N–H and O–H groups in total. The highest BCUT2D eigenvalue weighted by Crippen LogP contribution is 2.30. The van der Waals surface area contributed by atoms with E-state index in [0.29, 0.717) is 23.5 Å². The lowest BCUT2D eigenvalue weighted by Gasteiger charge is -2.38. The maximum Gasteiger partial charge on any atom is 0.306 e. The minimum Gasteiger partial charge on any atom is -0.481 e. The molecule has 272 valence electrons. The zero-order chi connectivity index (χ0) is 36.6. The summed E-state index contributed by atoms with van der Waals surface area (Å²) < 4.78 is 0. The number of hydrogen-bond acceptors (Lipinski definition) is 9. The molecule has 2 heterocycles. The number of nitrogens with zero attached hydrogens (tertiary/aromatic N) is 3. The number of carboxylic acid groups (broad SMARTS) is 1. The molecule has 3 rings (SSSR count). The van der Waals surface area contributed by atoms with Crippen LogP contribution in [0.3, 0.4) is 0 Å². The van der Waals surface area contributed by atoms with Crippen LogP contribution in [-0.2, 0) is 20.8 Å². The number of carboxylic acids is 1. The quantitative estimate of drug-likeness (QED) is 0.152. The molecular weight excluding hydrogens is 644 g/mol. The third-order valence-corrected chi connectivity index (χ3v) is 11.2. The number of nitrogen functional groups attached to an aromatic ring is 1. The summed E-state index contributed by atoms with van der Waals surface area (Å²) in [6.45, 7) is 12.3. The molecule has 0 aliphatic carbocycles. The van der Waals surface area contributed by atoms with Gasteiger partial charge in [0.15, 0.2) is 0 Å². The molecule has 49 heavy (non-hydrogen) atoms. The van der Waals surface area contributed by atoms with E-state index in [2.05, 4.69) is 15.6 Å². The van der Waals surface area contributed by atoms with Gasteiger partial charge in [0.25, 0.3) is 5.91 Å². The van der Waals surface area contributed by atoms with E-state index < -0.39 is 41.5 Å². The molecular formula is C36H56N6O6S. The molecule has 1 aromatic heterocycles. The summed E-state index contributed by atoms with van der Waals surface area (Å²) in [6, 6.07) is 5.64. The number of thiazole rings is 1. The monoisotopic (exact) mass is 700 g/mol. The molecule has 1 fully saturated rings. The number of nitrogens with one attached hydrogen (secondary N) is 2. The second-order valence-electron chi connectivity index (χ2n) is 14.3. The maximum atomic E-state index is 14.0. The molecule has 1 aliphatic heterocycles. The fourth-order valence-electron chi connectivity index (χ4n) is 6.42. The normalized spacial score (nSPS) is 20.2. The SMILES string of the molecule is CCC(C)[C@H](NC(=O)[C@@]1(C)CCCN1C)C(=O)N(C)[C@H](C[C@@H](O)c1nc(C(=O)N[C@@H](Cc2ccc(N)cc2)C[C@H](C)C(=O)O)cs1)C(C)C. The molecule has 0 saturated carbocycles. The van der Waals surface area contributed by atoms with E-state index in [1.54, 1.807) is 36.4 Å². The number of carbonyl (C=O) groups excluding carboxylic acids is 3. The number of anilines is 1. The Labute approximate surface area is 294 Å². The van der Waals surface area contributed by atoms with Gasteiger partial charge in [-0.3, -0.25) is 24.1 Å². The van der Waals surface area contributed by atoms with Gasteiger partial charge in [-0.2, -0.15) is 0 Å². The molecule has 7 atom stereocenters. The lowest BCUT2D eigenvalue weighted by molar-refractivity contribution is -0.142. The third kappa shape index (κ3) is 10.2. The van der Waals surface area contributed by atoms with Gasteiger partial charge in [-0.05, 0) is 75.7 Å². The molecule has 13 heteroatoms. The van der Waals surface area contributed by atoms with Gasteiger partial charge in [-0.1, -0.05) is 53.2 Å². The Hall–Kier alpha value is -3.55. The van der Waals surface area contributed by atoms with Crippen LogP contribution in [0.5, 0.6) is 0 Å². The fraction of sp³-hybridized carbons (Fsp3) is 0.639. The number of hydrogen-bond donors (Lipinski definition) is 5. The maximum absolute atomic E-state index is 14.0. The van der Waals surface area contributed by atoms with E-state index in [0.717, 1.165) is 36.3 Å². The van der Waals surface area contributed by atoms with Crippen molar-refractivity contribution in [3.63, 3.8) is 0 Å². The van der Waals surface area contributed by atoms with Gasteiger partial charge >= 0.3 is 5.97 Å². The Morgan fingerprint density at radius 2 is 1.76 bits per heavy atom. The Bertz CT molecular complexity index is 1430. The third-order valence-electron chi connectivity index (χ3n) is 10.2. The highest BCUT2D eigenvalue weighted by Gasteiger charge is 2.43. The highest BCUT2D eigenvalue weighted by atomic mass is 32.1. The molecule has 1 aliphatic rings. The topological polar surface area (TPSA) is 178 Å². The summed E-state index contributed by atoms with van der Waals surface area (Å²) in [5, 5.41) is 28.7. The Morgan fingerprint density at radius 3 is 2.31 bits per heavy atom. The number of carbonyl (C=O) groups is 4. The predicted octanol–water partition coefficient (Wildman–Crippen LogP) is 4.10. The van der Waals surface area contributed by atoms with Crippen molar-refractivity contribution in [2.45, 2.75) is 110 Å². The smallest absolute Gasteiger partial charge is 0.306 e. The first-order valence-corrected chi connectivity index (χ1v) is 18.2. The van der Waals surface area contributed by atoms with E-state index in [9.17, 15) is 29.4 Å². The van der Waals surface area contributed by atoms with E-state index >= 15 is 0 Å². The van der Waals surface area contributed by atoms with Crippen molar-refractivity contribution in [2.24, 2.45) is 17.8 Å². The lowest BCUT2D eigenvalue weighted by atomic mass is 9.91. The number of aromatic nitrogens is 1. The molecule has 1 aromatic carbocycles. The van der Waals surface area contributed by atoms with Gasteiger partial charge in [0.1, 0.15) is 22.8 Å². The number of amides is 3. The van der Waals surface area contributed by atoms with Gasteiger partial charge in [0.05, 0.1) is 11.5 Å². The average molecular weight is 701 g/mol. The van der Waals surface area contributed by atoms with Crippen molar-refractivity contribution in [1.29, 1.82) is 0 Å². The number of likely N-dealkylation sites (tertiary alicyclic amines) is 1. The van der Waals surface area contributed by atoms with Crippen LogP contribution < -0.4 is 16.4 Å². The van der Waals surface area contributed by atoms with Crippen LogP contribution in [0.2, 0.25) is 0 Å². The number of aliphatic hydroxyl groups excluding tert-OH is 1. The van der Waals surface area contributed by atoms with Crippen molar-refractivity contribution in [3.8, 4) is 0 Å². The second-order valence-corrected chi connectivity index (χ2v) is 15.2. The number of benzene rings is 1. The van der Waals surface area contributed by atoms with Gasteiger partial charge < -0.3 is 31.5 Å². The summed E-state index contributed by atoms with van der Waals surface area (Å²) in [5.74, 6) is -2.58. The minimum atomic E-state index is -1.05. The molecule has 12 nitrogen and oxygen atoms in total. The number of aliphatic carboxylic acids is 1. The molecule has 0 spiro atoms. The standard InChI is InChI=1S/C36H56N6O6S/c1-9-22(4)30(40-35(48)36(6)15-10-16-41(36)7)33(45)42(8)28(21(2)3)19-29(43)32-39-27(20-49-32)31(44)38-26(17-23(5)34(46)47)18-24-11-13-25(37)14-12-24/h11-14,20-23,26,28-30,43H,9-10,15-19,37H2,1-8H3,(H,38,44)(H,40,48)(H,46,47)/t22?,23-,26+,28+,29+,30-,36+/m0/s1. The lowest BCUT2D eigenvalue weighted by Crippen LogP contribution is -2.60. The van der Waals surface area contributed by atoms with Crippen LogP contribution in [0.25, 0.3) is 0 Å². The molecule has 3 amide bonds. The van der Waals surface area contributed by atoms with Crippen LogP contribution >= 0.6 is 11.3 Å². The number of aliphatic hydroxyl groups is 1. The van der Waals surface area contributed by atoms with Crippen LogP contribution in [0.1, 0.15) is 101 Å². The summed E-state index contributed by atoms with van der Waals surface area (Å²) >= 11 is 1.15. The Morgan fingerprint density at radius 1 is 1.10 bits per heavy atom. The summed E-state index contributed by atoms with van der Waals surface area (Å²) in [5.41, 5.74) is 6.77. The molecule has 0 bridgehead atoms. The van der Waals surface area contributed by atoms with E-state index in [4.69, 9.17) is 5.73 Å². The minimum absolute atomic E-state index is 0.0246. The van der Waals surface area contributed by atoms with Crippen molar-refractivity contribution < 1.29 is 29.4 Å². The largest absolute Gasteiger partial charge is 0.481 e. The number of nitrogens with two attached hydrogens (primary N) is 1. The highest BCUT2D eigenvalue weighted by molar-refractivity contribution is 7.09. The first-order chi connectivity index (χ1) is 23.0. The van der Waals surface area contributed by atoms with Crippen molar-refractivity contribution >= 4 is 40.7 Å². The van der Waals surface area contributed by atoms with Crippen LogP contribution in [-0.4, -0.2) is 93.0 Å². The van der Waals surface area contributed by atoms with Crippen molar-refractivity contribution in [1.82, 2.24) is 25.4 Å². The van der Waals surface area contributed by atoms with Crippen LogP contribution in [0.4, 0.5) is 5.69 Å². The Kier molecular flexibility index (Phi) is 14.2. The fourth-order valence-corrected chi connectivity index (χ4v) is 7.21. The van der Waals surface area contributed by atoms with Gasteiger partial charge in [-0.25, -0.2) is 4.98 Å². The molecule has 1 saturated heterocycles. The average Bonchev–Trinajstić information content (AvgIpc) is 3.69. The first-order valence-electron chi connectivity index (χ1n) is 17.3. The van der Waals surface area contributed by atoms with E-state index in [-0.39, 0.29) is 48.2 Å². The summed E-state index contributed by atoms with van der Waals surface area (Å²) in [4.78, 5) is 60.5. The second kappa shape index (κ2) is 17.4. The molecule has 0 radical (unpaired) electrons. The van der Waals surface area contributed by atoms with Gasteiger partial charge in [0, 0.05) is 36.6 Å². The first kappa shape index (κ1) is 39.9. The summed E-state index contributed by atoms with van der Waals surface area (Å²) in [7, 11) is 3.65. The Balaban J connectivity index is 1.72. The van der Waals surface area contributed by atoms with Crippen LogP contribution in [0.15, 0.2) is 29.6 Å². The van der Waals surface area contributed by atoms with Crippen LogP contribution in [0, 0.1) is 17.8 Å². The predicted molar refractivity (Wildman–Crippen MR) is 192 cm³/mol. The zero-order valence-electron chi connectivity index (χ0n) is 30.2. The van der Waals surface area contributed by atoms with E-state index in [1.165, 1.54) is 0 Å². The van der Waals surface area contributed by atoms with Gasteiger partial charge in [0.2, 0.25) is 11.8 Å². The molecule has 1 unspecified atom stereocenters. The summed E-state index contributed by atoms with van der Waals surface area (Å²) in [6.07, 6.45) is 2.12.